The Bertz CT molecular complexity index is 153. The first-order valence-electron chi connectivity index (χ1n) is 1.90. The van der Waals surface area contributed by atoms with Crippen LogP contribution in [0.25, 0.3) is 0 Å². The molecular weight excluding hydrogens is 192 g/mol. The summed E-state index contributed by atoms with van der Waals surface area (Å²) in [5.74, 6) is 0. The van der Waals surface area contributed by atoms with E-state index in [-0.39, 0.29) is 0 Å². The Hall–Kier alpha value is -0.103. The maximum atomic E-state index is 11.4. The van der Waals surface area contributed by atoms with Crippen molar-refractivity contribution < 1.29 is 22.4 Å². The van der Waals surface area contributed by atoms with E-state index in [2.05, 4.69) is 11.6 Å². The molecule has 0 heterocycles. The standard InChI is InChI=1S/C3ClF4OSi/c4-2(10,1(5)9)3(6,7)8. The number of hydrogen-bond donors (Lipinski definition) is 0. The molecule has 57 valence electrons. The average Bonchev–Trinajstić information content (AvgIpc) is 1.62. The summed E-state index contributed by atoms with van der Waals surface area (Å²) < 4.78 is 42.2. The molecule has 0 aromatic carbocycles. The number of carbonyl (C=O) groups is 1. The summed E-state index contributed by atoms with van der Waals surface area (Å²) in [5.41, 5.74) is 0. The SMILES string of the molecule is O=C(F)C([Si])(Cl)C(F)(F)F. The zero-order valence-electron chi connectivity index (χ0n) is 4.30. The van der Waals surface area contributed by atoms with E-state index in [9.17, 15) is 22.4 Å². The molecule has 0 fully saturated rings. The summed E-state index contributed by atoms with van der Waals surface area (Å²) in [6.07, 6.45) is -5.13. The lowest BCUT2D eigenvalue weighted by molar-refractivity contribution is -0.164. The Morgan fingerprint density at radius 2 is 1.70 bits per heavy atom. The van der Waals surface area contributed by atoms with Crippen LogP contribution in [-0.2, 0) is 4.79 Å². The van der Waals surface area contributed by atoms with E-state index >= 15 is 0 Å². The lowest BCUT2D eigenvalue weighted by Gasteiger charge is -2.18. The summed E-state index contributed by atoms with van der Waals surface area (Å²) in [7, 11) is 1.74. The van der Waals surface area contributed by atoms with Gasteiger partial charge in [0.25, 0.3) is 0 Å². The van der Waals surface area contributed by atoms with E-state index in [1.165, 1.54) is 0 Å². The van der Waals surface area contributed by atoms with Crippen LogP contribution in [0.4, 0.5) is 17.6 Å². The maximum Gasteiger partial charge on any atom is 0.413 e. The second-order valence-corrected chi connectivity index (χ2v) is 3.06. The Morgan fingerprint density at radius 3 is 1.70 bits per heavy atom. The van der Waals surface area contributed by atoms with Crippen LogP contribution in [0, 0.1) is 0 Å². The lowest BCUT2D eigenvalue weighted by Crippen LogP contribution is -2.45. The Balaban J connectivity index is 4.57. The summed E-state index contributed by atoms with van der Waals surface area (Å²) in [6.45, 7) is 0. The van der Waals surface area contributed by atoms with Gasteiger partial charge in [0.05, 0.1) is 10.2 Å². The van der Waals surface area contributed by atoms with E-state index in [0.29, 0.717) is 0 Å². The van der Waals surface area contributed by atoms with Gasteiger partial charge in [-0.3, -0.25) is 4.79 Å². The normalized spacial score (nSPS) is 18.2. The molecule has 0 saturated carbocycles. The third-order valence-corrected chi connectivity index (χ3v) is 1.50. The van der Waals surface area contributed by atoms with Gasteiger partial charge in [-0.15, -0.1) is 11.6 Å². The van der Waals surface area contributed by atoms with Crippen molar-refractivity contribution in [2.24, 2.45) is 0 Å². The molecular formula is C3ClF4OSi. The number of halogens is 5. The molecule has 0 rings (SSSR count). The molecule has 1 atom stereocenters. The quantitative estimate of drug-likeness (QED) is 0.263. The summed E-state index contributed by atoms with van der Waals surface area (Å²) >= 11 is 4.41. The zero-order chi connectivity index (χ0) is 8.58. The van der Waals surface area contributed by atoms with Crippen molar-refractivity contribution in [2.45, 2.75) is 10.7 Å². The van der Waals surface area contributed by atoms with Gasteiger partial charge in [0.1, 0.15) is 0 Å². The van der Waals surface area contributed by atoms with Gasteiger partial charge < -0.3 is 0 Å². The summed E-state index contributed by atoms with van der Waals surface area (Å²) in [4.78, 5) is 9.54. The minimum Gasteiger partial charge on any atom is -0.259 e. The summed E-state index contributed by atoms with van der Waals surface area (Å²) in [6, 6.07) is -2.68. The van der Waals surface area contributed by atoms with Gasteiger partial charge in [-0.05, 0) is 0 Å². The first-order chi connectivity index (χ1) is 4.19. The monoisotopic (exact) mass is 191 g/mol. The van der Waals surface area contributed by atoms with Gasteiger partial charge in [-0.1, -0.05) is 0 Å². The van der Waals surface area contributed by atoms with Gasteiger partial charge in [-0.2, -0.15) is 17.6 Å². The van der Waals surface area contributed by atoms with Crippen molar-refractivity contribution in [1.82, 2.24) is 0 Å². The highest BCUT2D eigenvalue weighted by Crippen LogP contribution is 2.34. The highest BCUT2D eigenvalue weighted by Gasteiger charge is 2.56. The molecule has 0 bridgehead atoms. The van der Waals surface area contributed by atoms with Crippen molar-refractivity contribution in [3.05, 3.63) is 0 Å². The van der Waals surface area contributed by atoms with Gasteiger partial charge in [0, 0.05) is 0 Å². The number of carbonyl (C=O) groups excluding carboxylic acids is 1. The van der Waals surface area contributed by atoms with Crippen LogP contribution in [0.15, 0.2) is 0 Å². The van der Waals surface area contributed by atoms with Crippen LogP contribution in [-0.4, -0.2) is 27.0 Å². The molecule has 0 aromatic heterocycles. The fraction of sp³-hybridized carbons (Fsp3) is 0.667. The molecule has 7 heteroatoms. The molecule has 0 aliphatic rings. The van der Waals surface area contributed by atoms with E-state index in [1.807, 2.05) is 0 Å². The maximum absolute atomic E-state index is 11.4. The van der Waals surface area contributed by atoms with Gasteiger partial charge >= 0.3 is 12.2 Å². The number of alkyl halides is 4. The third-order valence-electron chi connectivity index (χ3n) is 0.661. The largest absolute Gasteiger partial charge is 0.413 e. The molecule has 0 aliphatic carbocycles. The van der Waals surface area contributed by atoms with Crippen LogP contribution in [0.3, 0.4) is 0 Å². The molecule has 10 heavy (non-hydrogen) atoms. The first-order valence-corrected chi connectivity index (χ1v) is 2.78. The molecule has 0 spiro atoms. The fourth-order valence-electron chi connectivity index (χ4n) is 0.111. The first kappa shape index (κ1) is 9.90. The second-order valence-electron chi connectivity index (χ2n) is 1.43. The fourth-order valence-corrected chi connectivity index (χ4v) is 0.111. The zero-order valence-corrected chi connectivity index (χ0v) is 6.05. The molecule has 0 saturated heterocycles. The number of rotatable bonds is 1. The van der Waals surface area contributed by atoms with Crippen molar-refractivity contribution in [3.8, 4) is 0 Å². The van der Waals surface area contributed by atoms with Crippen LogP contribution < -0.4 is 0 Å². The van der Waals surface area contributed by atoms with Crippen molar-refractivity contribution in [1.29, 1.82) is 0 Å². The highest BCUT2D eigenvalue weighted by atomic mass is 35.5. The molecule has 1 unspecified atom stereocenters. The predicted molar refractivity (Wildman–Crippen MR) is 26.5 cm³/mol. The number of hydrogen-bond acceptors (Lipinski definition) is 1. The van der Waals surface area contributed by atoms with E-state index in [1.54, 1.807) is 10.2 Å². The molecule has 0 amide bonds. The molecule has 3 radical (unpaired) electrons. The average molecular weight is 192 g/mol. The minimum atomic E-state index is -5.13. The molecule has 0 N–H and O–H groups in total. The van der Waals surface area contributed by atoms with Crippen LogP contribution in [0.1, 0.15) is 0 Å². The second kappa shape index (κ2) is 2.50. The molecule has 0 aromatic rings. The van der Waals surface area contributed by atoms with E-state index in [4.69, 9.17) is 0 Å². The third kappa shape index (κ3) is 1.69. The molecule has 0 aliphatic heterocycles. The topological polar surface area (TPSA) is 17.1 Å². The Kier molecular flexibility index (Phi) is 2.47. The predicted octanol–water partition coefficient (Wildman–Crippen LogP) is 1.15. The molecule has 1 nitrogen and oxygen atoms in total. The van der Waals surface area contributed by atoms with E-state index < -0.39 is 16.7 Å². The van der Waals surface area contributed by atoms with Crippen LogP contribution >= 0.6 is 11.6 Å². The van der Waals surface area contributed by atoms with Crippen molar-refractivity contribution >= 4 is 27.9 Å². The van der Waals surface area contributed by atoms with Crippen LogP contribution in [0.5, 0.6) is 0 Å². The minimum absolute atomic E-state index is 1.74. The lowest BCUT2D eigenvalue weighted by atomic mass is 10.4. The Labute approximate surface area is 61.8 Å². The van der Waals surface area contributed by atoms with Crippen molar-refractivity contribution in [2.75, 3.05) is 0 Å². The Morgan fingerprint density at radius 1 is 1.40 bits per heavy atom. The van der Waals surface area contributed by atoms with Crippen LogP contribution in [0.2, 0.25) is 0 Å². The summed E-state index contributed by atoms with van der Waals surface area (Å²) in [5, 5.41) is 0. The van der Waals surface area contributed by atoms with Gasteiger partial charge in [0.2, 0.25) is 4.50 Å². The highest BCUT2D eigenvalue weighted by molar-refractivity contribution is 6.54. The van der Waals surface area contributed by atoms with Gasteiger partial charge in [-0.25, -0.2) is 0 Å². The van der Waals surface area contributed by atoms with Crippen molar-refractivity contribution in [3.63, 3.8) is 0 Å². The van der Waals surface area contributed by atoms with E-state index in [0.717, 1.165) is 0 Å². The van der Waals surface area contributed by atoms with Gasteiger partial charge in [0.15, 0.2) is 0 Å². The smallest absolute Gasteiger partial charge is 0.259 e.